The SMILES string of the molecule is CSc1ccc(OC(F)(F)[C@H](NC(CSC(c2ccccc2)(c2ccccc2)c2ccccc2)C(=O)O)c2ccc(F)cc2)cc1. The van der Waals surface area contributed by atoms with Gasteiger partial charge in [0.1, 0.15) is 23.7 Å². The molecule has 4 nitrogen and oxygen atoms in total. The highest BCUT2D eigenvalue weighted by molar-refractivity contribution is 8.00. The molecule has 0 spiro atoms. The van der Waals surface area contributed by atoms with Gasteiger partial charge in [0.2, 0.25) is 0 Å². The molecular weight excluding hydrogens is 628 g/mol. The molecular formula is C37H32F3NO3S2. The number of nitrogens with one attached hydrogen (secondary N) is 1. The fourth-order valence-electron chi connectivity index (χ4n) is 5.27. The maximum absolute atomic E-state index is 16.1. The van der Waals surface area contributed by atoms with Crippen LogP contribution in [-0.2, 0) is 9.54 Å². The number of carboxylic acid groups (broad SMARTS) is 1. The lowest BCUT2D eigenvalue weighted by Gasteiger charge is -2.37. The van der Waals surface area contributed by atoms with E-state index in [1.54, 1.807) is 12.1 Å². The minimum atomic E-state index is -3.91. The van der Waals surface area contributed by atoms with Crippen LogP contribution in [0.15, 0.2) is 144 Å². The Morgan fingerprint density at radius 1 is 0.761 bits per heavy atom. The van der Waals surface area contributed by atoms with Crippen LogP contribution in [0.4, 0.5) is 13.2 Å². The standard InChI is InChI=1S/C37H32F3NO3S2/c1-45-32-23-21-31(22-24-32)44-37(39,40)34(26-17-19-30(38)20-18-26)41-33(35(42)43)25-46-36(27-11-5-2-6-12-27,28-13-7-3-8-14-28)29-15-9-4-10-16-29/h2-24,33-34,41H,25H2,1H3,(H,42,43)/t33?,34-/m1/s1. The zero-order valence-electron chi connectivity index (χ0n) is 24.9. The average molecular weight is 660 g/mol. The highest BCUT2D eigenvalue weighted by atomic mass is 32.2. The molecule has 0 fully saturated rings. The maximum atomic E-state index is 16.1. The van der Waals surface area contributed by atoms with Gasteiger partial charge >= 0.3 is 12.1 Å². The molecule has 236 valence electrons. The van der Waals surface area contributed by atoms with Crippen LogP contribution >= 0.6 is 23.5 Å². The summed E-state index contributed by atoms with van der Waals surface area (Å²) in [4.78, 5) is 13.6. The van der Waals surface area contributed by atoms with E-state index in [-0.39, 0.29) is 17.1 Å². The Hall–Kier alpha value is -4.18. The zero-order chi connectivity index (χ0) is 32.6. The monoisotopic (exact) mass is 659 g/mol. The largest absolute Gasteiger partial charge is 0.480 e. The van der Waals surface area contributed by atoms with Gasteiger partial charge in [0.25, 0.3) is 0 Å². The van der Waals surface area contributed by atoms with Crippen LogP contribution in [0.2, 0.25) is 0 Å². The number of thioether (sulfide) groups is 2. The Kier molecular flexibility index (Phi) is 10.8. The van der Waals surface area contributed by atoms with Crippen LogP contribution in [0.1, 0.15) is 28.3 Å². The fourth-order valence-corrected chi connectivity index (χ4v) is 7.24. The third-order valence-electron chi connectivity index (χ3n) is 7.53. The van der Waals surface area contributed by atoms with Gasteiger partial charge in [-0.05, 0) is 64.9 Å². The molecule has 0 saturated carbocycles. The molecule has 1 unspecified atom stereocenters. The van der Waals surface area contributed by atoms with E-state index in [1.165, 1.54) is 47.8 Å². The van der Waals surface area contributed by atoms with Gasteiger partial charge in [-0.15, -0.1) is 23.5 Å². The molecule has 0 heterocycles. The molecule has 0 aliphatic carbocycles. The predicted octanol–water partition coefficient (Wildman–Crippen LogP) is 9.03. The van der Waals surface area contributed by atoms with Crippen LogP contribution in [0.25, 0.3) is 0 Å². The lowest BCUT2D eigenvalue weighted by atomic mass is 9.84. The molecule has 0 aromatic heterocycles. The summed E-state index contributed by atoms with van der Waals surface area (Å²) in [5, 5.41) is 13.1. The van der Waals surface area contributed by atoms with Gasteiger partial charge in [-0.3, -0.25) is 10.1 Å². The molecule has 0 aliphatic rings. The lowest BCUT2D eigenvalue weighted by Crippen LogP contribution is -2.50. The Morgan fingerprint density at radius 3 is 1.67 bits per heavy atom. The van der Waals surface area contributed by atoms with Gasteiger partial charge in [-0.2, -0.15) is 8.78 Å². The molecule has 5 aromatic carbocycles. The van der Waals surface area contributed by atoms with E-state index in [2.05, 4.69) is 5.32 Å². The van der Waals surface area contributed by atoms with Gasteiger partial charge in [-0.1, -0.05) is 103 Å². The molecule has 5 rings (SSSR count). The normalized spacial score (nSPS) is 13.1. The second-order valence-corrected chi connectivity index (χ2v) is 12.6. The first-order valence-electron chi connectivity index (χ1n) is 14.5. The maximum Gasteiger partial charge on any atom is 0.417 e. The summed E-state index contributed by atoms with van der Waals surface area (Å²) in [5.41, 5.74) is 2.68. The lowest BCUT2D eigenvalue weighted by molar-refractivity contribution is -0.202. The Morgan fingerprint density at radius 2 is 1.24 bits per heavy atom. The van der Waals surface area contributed by atoms with Crippen molar-refractivity contribution >= 4 is 29.5 Å². The molecule has 46 heavy (non-hydrogen) atoms. The first-order chi connectivity index (χ1) is 22.2. The van der Waals surface area contributed by atoms with Gasteiger partial charge in [0.15, 0.2) is 0 Å². The van der Waals surface area contributed by atoms with Gasteiger partial charge in [-0.25, -0.2) is 4.39 Å². The summed E-state index contributed by atoms with van der Waals surface area (Å²) in [6, 6.07) is 36.4. The number of benzene rings is 5. The number of hydrogen-bond acceptors (Lipinski definition) is 5. The van der Waals surface area contributed by atoms with Crippen LogP contribution in [0.5, 0.6) is 5.75 Å². The van der Waals surface area contributed by atoms with E-state index < -0.39 is 34.7 Å². The molecule has 0 saturated heterocycles. The molecule has 0 bridgehead atoms. The molecule has 2 atom stereocenters. The number of rotatable bonds is 14. The number of halogens is 3. The number of ether oxygens (including phenoxy) is 1. The second-order valence-electron chi connectivity index (χ2n) is 10.5. The molecule has 9 heteroatoms. The van der Waals surface area contributed by atoms with Crippen molar-refractivity contribution in [3.63, 3.8) is 0 Å². The minimum Gasteiger partial charge on any atom is -0.480 e. The predicted molar refractivity (Wildman–Crippen MR) is 179 cm³/mol. The summed E-state index contributed by atoms with van der Waals surface area (Å²) >= 11 is 2.79. The van der Waals surface area contributed by atoms with Crippen molar-refractivity contribution in [2.45, 2.75) is 27.8 Å². The van der Waals surface area contributed by atoms with Crippen molar-refractivity contribution in [1.82, 2.24) is 5.32 Å². The van der Waals surface area contributed by atoms with Gasteiger partial charge in [0, 0.05) is 10.6 Å². The molecule has 0 aliphatic heterocycles. The van der Waals surface area contributed by atoms with Crippen molar-refractivity contribution in [3.05, 3.63) is 168 Å². The topological polar surface area (TPSA) is 58.6 Å². The smallest absolute Gasteiger partial charge is 0.417 e. The van der Waals surface area contributed by atoms with E-state index in [4.69, 9.17) is 4.74 Å². The first-order valence-corrected chi connectivity index (χ1v) is 16.7. The highest BCUT2D eigenvalue weighted by Crippen LogP contribution is 2.49. The van der Waals surface area contributed by atoms with E-state index in [1.807, 2.05) is 97.3 Å². The number of aliphatic carboxylic acids is 1. The summed E-state index contributed by atoms with van der Waals surface area (Å²) < 4.78 is 50.3. The third-order valence-corrected chi connectivity index (χ3v) is 9.91. The first kappa shape index (κ1) is 33.2. The number of carboxylic acids is 1. The molecule has 5 aromatic rings. The highest BCUT2D eigenvalue weighted by Gasteiger charge is 2.46. The van der Waals surface area contributed by atoms with Crippen molar-refractivity contribution < 1.29 is 27.8 Å². The van der Waals surface area contributed by atoms with Crippen LogP contribution in [0, 0.1) is 5.82 Å². The van der Waals surface area contributed by atoms with Crippen molar-refractivity contribution in [2.24, 2.45) is 0 Å². The van der Waals surface area contributed by atoms with Crippen LogP contribution < -0.4 is 10.1 Å². The van der Waals surface area contributed by atoms with Crippen molar-refractivity contribution in [1.29, 1.82) is 0 Å². The summed E-state index contributed by atoms with van der Waals surface area (Å²) in [6.45, 7) is 0. The summed E-state index contributed by atoms with van der Waals surface area (Å²) in [7, 11) is 0. The second kappa shape index (κ2) is 14.9. The number of hydrogen-bond donors (Lipinski definition) is 2. The quantitative estimate of drug-likeness (QED) is 0.0917. The van der Waals surface area contributed by atoms with Crippen LogP contribution in [0.3, 0.4) is 0 Å². The Labute approximate surface area is 275 Å². The van der Waals surface area contributed by atoms with E-state index in [0.29, 0.717) is 0 Å². The van der Waals surface area contributed by atoms with E-state index in [0.717, 1.165) is 33.7 Å². The molecule has 2 N–H and O–H groups in total. The van der Waals surface area contributed by atoms with E-state index >= 15 is 8.78 Å². The third kappa shape index (κ3) is 7.61. The van der Waals surface area contributed by atoms with Crippen molar-refractivity contribution in [3.8, 4) is 5.75 Å². The Balaban J connectivity index is 1.52. The zero-order valence-corrected chi connectivity index (χ0v) is 26.5. The summed E-state index contributed by atoms with van der Waals surface area (Å²) in [5.74, 6) is -2.12. The van der Waals surface area contributed by atoms with Gasteiger partial charge < -0.3 is 9.84 Å². The number of carbonyl (C=O) groups is 1. The number of alkyl halides is 2. The fraction of sp³-hybridized carbons (Fsp3) is 0.162. The minimum absolute atomic E-state index is 0.0242. The van der Waals surface area contributed by atoms with Crippen molar-refractivity contribution in [2.75, 3.05) is 12.0 Å². The van der Waals surface area contributed by atoms with E-state index in [9.17, 15) is 14.3 Å². The van der Waals surface area contributed by atoms with Gasteiger partial charge in [0.05, 0.1) is 4.75 Å². The van der Waals surface area contributed by atoms with Crippen LogP contribution in [-0.4, -0.2) is 35.2 Å². The summed E-state index contributed by atoms with van der Waals surface area (Å²) in [6.07, 6.45) is -2.04. The molecule has 0 amide bonds. The average Bonchev–Trinajstić information content (AvgIpc) is 3.08. The molecule has 0 radical (unpaired) electrons. The Bertz CT molecular complexity index is 1600.